The van der Waals surface area contributed by atoms with Crippen LogP contribution in [0.15, 0.2) is 24.3 Å². The molecule has 0 amide bonds. The van der Waals surface area contributed by atoms with E-state index in [9.17, 15) is 0 Å². The molecular formula is C16H24N2O2. The largest absolute Gasteiger partial charge is 0.269 e. The topological polar surface area (TPSA) is 31.1 Å². The lowest BCUT2D eigenvalue weighted by Crippen LogP contribution is -2.25. The van der Waals surface area contributed by atoms with Crippen molar-refractivity contribution < 1.29 is 9.68 Å². The first-order chi connectivity index (χ1) is 9.18. The van der Waals surface area contributed by atoms with E-state index in [1.54, 1.807) is 0 Å². The standard InChI is InChI=1S/C16H24N2O2/c1-15(2,3)17-13(19-17)11-7-9-12(10-8-11)14-18(20-14)16(4,5)6/h7-10,13-14H,1-6H3/t13-,14-,17?,18?/m1/s1. The van der Waals surface area contributed by atoms with E-state index in [2.05, 4.69) is 65.8 Å². The predicted octanol–water partition coefficient (Wildman–Crippen LogP) is 3.78. The monoisotopic (exact) mass is 276 g/mol. The van der Waals surface area contributed by atoms with E-state index in [0.29, 0.717) is 0 Å². The predicted molar refractivity (Wildman–Crippen MR) is 77.3 cm³/mol. The first-order valence-corrected chi connectivity index (χ1v) is 7.20. The van der Waals surface area contributed by atoms with Gasteiger partial charge in [0.15, 0.2) is 12.5 Å². The molecule has 2 fully saturated rings. The number of hydrogen-bond donors (Lipinski definition) is 0. The van der Waals surface area contributed by atoms with Crippen LogP contribution < -0.4 is 0 Å². The fraction of sp³-hybridized carbons (Fsp3) is 0.625. The van der Waals surface area contributed by atoms with Gasteiger partial charge in [-0.05, 0) is 52.7 Å². The van der Waals surface area contributed by atoms with E-state index < -0.39 is 0 Å². The first-order valence-electron chi connectivity index (χ1n) is 7.20. The molecule has 20 heavy (non-hydrogen) atoms. The van der Waals surface area contributed by atoms with Crippen molar-refractivity contribution in [3.8, 4) is 0 Å². The Morgan fingerprint density at radius 2 is 1.00 bits per heavy atom. The van der Waals surface area contributed by atoms with Crippen molar-refractivity contribution in [2.24, 2.45) is 0 Å². The molecule has 0 saturated carbocycles. The summed E-state index contributed by atoms with van der Waals surface area (Å²) in [6.45, 7) is 12.9. The molecule has 3 rings (SSSR count). The van der Waals surface area contributed by atoms with Gasteiger partial charge < -0.3 is 0 Å². The minimum Gasteiger partial charge on any atom is -0.269 e. The third-order valence-corrected chi connectivity index (χ3v) is 3.59. The van der Waals surface area contributed by atoms with Crippen molar-refractivity contribution in [3.05, 3.63) is 35.4 Å². The number of rotatable bonds is 2. The van der Waals surface area contributed by atoms with E-state index in [0.717, 1.165) is 0 Å². The van der Waals surface area contributed by atoms with Crippen LogP contribution in [0.2, 0.25) is 0 Å². The smallest absolute Gasteiger partial charge is 0.180 e. The van der Waals surface area contributed by atoms with Crippen LogP contribution in [-0.2, 0) is 9.68 Å². The molecule has 2 unspecified atom stereocenters. The average Bonchev–Trinajstić information content (AvgIpc) is 3.19. The number of hydroxylamine groups is 4. The summed E-state index contributed by atoms with van der Waals surface area (Å²) in [7, 11) is 0. The maximum absolute atomic E-state index is 5.65. The van der Waals surface area contributed by atoms with Crippen LogP contribution in [0.4, 0.5) is 0 Å². The van der Waals surface area contributed by atoms with Gasteiger partial charge in [0.2, 0.25) is 0 Å². The third-order valence-electron chi connectivity index (χ3n) is 3.59. The SMILES string of the molecule is CC(C)(C)N1O[C@@H]1c1ccc([C@H]2ON2C(C)(C)C)cc1. The molecule has 2 heterocycles. The fourth-order valence-corrected chi connectivity index (χ4v) is 2.40. The lowest BCUT2D eigenvalue weighted by atomic mass is 10.1. The molecule has 0 N–H and O–H groups in total. The second-order valence-corrected chi connectivity index (χ2v) is 7.58. The van der Waals surface area contributed by atoms with Gasteiger partial charge in [-0.25, -0.2) is 0 Å². The normalized spacial score (nSPS) is 33.1. The van der Waals surface area contributed by atoms with Crippen molar-refractivity contribution in [2.75, 3.05) is 0 Å². The van der Waals surface area contributed by atoms with Gasteiger partial charge in [0.25, 0.3) is 0 Å². The van der Waals surface area contributed by atoms with Gasteiger partial charge in [0, 0.05) is 11.1 Å². The van der Waals surface area contributed by atoms with Crippen molar-refractivity contribution in [3.63, 3.8) is 0 Å². The Morgan fingerprint density at radius 3 is 1.20 bits per heavy atom. The zero-order chi connectivity index (χ0) is 14.7. The summed E-state index contributed by atoms with van der Waals surface area (Å²) in [5, 5.41) is 4.05. The van der Waals surface area contributed by atoms with Crippen molar-refractivity contribution in [2.45, 2.75) is 65.1 Å². The van der Waals surface area contributed by atoms with Crippen LogP contribution in [0, 0.1) is 0 Å². The second kappa shape index (κ2) is 4.28. The van der Waals surface area contributed by atoms with Gasteiger partial charge in [0.05, 0.1) is 0 Å². The summed E-state index contributed by atoms with van der Waals surface area (Å²) in [4.78, 5) is 11.3. The molecule has 1 aromatic carbocycles. The highest BCUT2D eigenvalue weighted by Crippen LogP contribution is 2.46. The highest BCUT2D eigenvalue weighted by Gasteiger charge is 2.47. The van der Waals surface area contributed by atoms with Gasteiger partial charge >= 0.3 is 0 Å². The first kappa shape index (κ1) is 14.0. The van der Waals surface area contributed by atoms with E-state index in [1.807, 2.05) is 10.1 Å². The molecule has 0 aromatic heterocycles. The minimum absolute atomic E-state index is 0.0476. The number of benzene rings is 1. The highest BCUT2D eigenvalue weighted by atomic mass is 16.8. The molecule has 2 aliphatic heterocycles. The molecule has 2 saturated heterocycles. The maximum atomic E-state index is 5.65. The van der Waals surface area contributed by atoms with Crippen LogP contribution in [0.5, 0.6) is 0 Å². The van der Waals surface area contributed by atoms with Crippen LogP contribution in [-0.4, -0.2) is 21.2 Å². The molecule has 4 nitrogen and oxygen atoms in total. The summed E-state index contributed by atoms with van der Waals surface area (Å²) in [5.41, 5.74) is 2.50. The molecule has 2 aliphatic rings. The van der Waals surface area contributed by atoms with Crippen LogP contribution in [0.1, 0.15) is 65.1 Å². The maximum Gasteiger partial charge on any atom is 0.180 e. The Morgan fingerprint density at radius 1 is 0.700 bits per heavy atom. The molecule has 4 atom stereocenters. The molecule has 110 valence electrons. The zero-order valence-corrected chi connectivity index (χ0v) is 13.2. The summed E-state index contributed by atoms with van der Waals surface area (Å²) in [6.07, 6.45) is 0.200. The Hall–Kier alpha value is -0.940. The Labute approximate surface area is 121 Å². The third kappa shape index (κ3) is 2.61. The minimum atomic E-state index is 0.0476. The summed E-state index contributed by atoms with van der Waals surface area (Å²) in [5.74, 6) is 0. The van der Waals surface area contributed by atoms with Crippen LogP contribution in [0.25, 0.3) is 0 Å². The van der Waals surface area contributed by atoms with E-state index in [4.69, 9.17) is 9.68 Å². The number of nitrogens with zero attached hydrogens (tertiary/aromatic N) is 2. The Kier molecular flexibility index (Phi) is 3.00. The van der Waals surface area contributed by atoms with E-state index in [1.165, 1.54) is 11.1 Å². The van der Waals surface area contributed by atoms with Crippen LogP contribution in [0.3, 0.4) is 0 Å². The zero-order valence-electron chi connectivity index (χ0n) is 13.2. The molecule has 0 bridgehead atoms. The molecule has 4 heteroatoms. The average molecular weight is 276 g/mol. The molecule has 0 spiro atoms. The highest BCUT2D eigenvalue weighted by molar-refractivity contribution is 5.28. The van der Waals surface area contributed by atoms with Gasteiger partial charge in [-0.15, -0.1) is 10.1 Å². The van der Waals surface area contributed by atoms with Crippen molar-refractivity contribution in [1.29, 1.82) is 0 Å². The van der Waals surface area contributed by atoms with Crippen molar-refractivity contribution in [1.82, 2.24) is 10.1 Å². The van der Waals surface area contributed by atoms with Crippen LogP contribution >= 0.6 is 0 Å². The fourth-order valence-electron chi connectivity index (χ4n) is 2.40. The lowest BCUT2D eigenvalue weighted by molar-refractivity contribution is 0.101. The Bertz CT molecular complexity index is 452. The summed E-state index contributed by atoms with van der Waals surface area (Å²) >= 11 is 0. The summed E-state index contributed by atoms with van der Waals surface area (Å²) < 4.78 is 0. The molecule has 1 aromatic rings. The van der Waals surface area contributed by atoms with Crippen molar-refractivity contribution >= 4 is 0 Å². The quantitative estimate of drug-likeness (QED) is 0.769. The van der Waals surface area contributed by atoms with Gasteiger partial charge in [-0.1, -0.05) is 24.3 Å². The molecule has 0 aliphatic carbocycles. The van der Waals surface area contributed by atoms with E-state index >= 15 is 0 Å². The number of hydrogen-bond acceptors (Lipinski definition) is 4. The van der Waals surface area contributed by atoms with Gasteiger partial charge in [-0.2, -0.15) is 0 Å². The van der Waals surface area contributed by atoms with E-state index in [-0.39, 0.29) is 23.5 Å². The van der Waals surface area contributed by atoms with Gasteiger partial charge in [-0.3, -0.25) is 9.68 Å². The lowest BCUT2D eigenvalue weighted by Gasteiger charge is -2.17. The molecular weight excluding hydrogens is 252 g/mol. The summed E-state index contributed by atoms with van der Waals surface area (Å²) in [6, 6.07) is 8.53. The molecule has 0 radical (unpaired) electrons. The van der Waals surface area contributed by atoms with Gasteiger partial charge in [0.1, 0.15) is 0 Å². The second-order valence-electron chi connectivity index (χ2n) is 7.58. The Balaban J connectivity index is 1.66.